The highest BCUT2D eigenvalue weighted by Crippen LogP contribution is 2.65. The van der Waals surface area contributed by atoms with Crippen LogP contribution in [0.15, 0.2) is 0 Å². The van der Waals surface area contributed by atoms with Gasteiger partial charge in [-0.05, 0) is 50.4 Å². The average molecular weight is 639 g/mol. The Kier molecular flexibility index (Phi) is 7.96. The van der Waals surface area contributed by atoms with E-state index < -0.39 is 76.4 Å². The number of rotatable bonds is 11. The van der Waals surface area contributed by atoms with Gasteiger partial charge in [-0.15, -0.1) is 0 Å². The van der Waals surface area contributed by atoms with Crippen LogP contribution in [0.4, 0.5) is 61.5 Å². The van der Waals surface area contributed by atoms with E-state index in [1.165, 1.54) is 0 Å². The van der Waals surface area contributed by atoms with Gasteiger partial charge < -0.3 is 15.1 Å². The monoisotopic (exact) mass is 639 g/mol. The van der Waals surface area contributed by atoms with Crippen LogP contribution in [-0.2, 0) is 18.9 Å². The first-order valence-corrected chi connectivity index (χ1v) is 11.7. The summed E-state index contributed by atoms with van der Waals surface area (Å²) in [6.07, 6.45) is -6.45. The molecule has 4 fully saturated rings. The smallest absolute Gasteiger partial charge is 0.460 e. The molecular formula is C19H17F14O6S-. The molecule has 3 atom stereocenters. The zero-order valence-corrected chi connectivity index (χ0v) is 20.1. The Bertz CT molecular complexity index is 977. The predicted octanol–water partition coefficient (Wildman–Crippen LogP) is 5.14. The van der Waals surface area contributed by atoms with Crippen LogP contribution < -0.4 is 5.26 Å². The fourth-order valence-corrected chi connectivity index (χ4v) is 6.61. The normalized spacial score (nSPS) is 31.3. The van der Waals surface area contributed by atoms with Crippen molar-refractivity contribution >= 4 is 18.0 Å². The SMILES string of the molecule is O=C(OCC12CC3CC(CC(O)(C3)C1)C2)C(F)(SOO[O-])C(F)(F)C(F)(F)C(F)(F)C(F)(F)C(F)(F)C(F)(F)F. The maximum atomic E-state index is 15.2. The maximum Gasteiger partial charge on any atom is 0.460 e. The van der Waals surface area contributed by atoms with Crippen molar-refractivity contribution in [2.75, 3.05) is 6.61 Å². The molecule has 40 heavy (non-hydrogen) atoms. The van der Waals surface area contributed by atoms with Crippen molar-refractivity contribution in [1.82, 2.24) is 0 Å². The third-order valence-electron chi connectivity index (χ3n) is 7.44. The minimum Gasteiger partial charge on any atom is -0.691 e. The lowest BCUT2D eigenvalue weighted by Crippen LogP contribution is -2.73. The topological polar surface area (TPSA) is 88.1 Å². The van der Waals surface area contributed by atoms with Gasteiger partial charge >= 0.3 is 46.8 Å². The molecule has 0 saturated heterocycles. The number of alkyl halides is 14. The van der Waals surface area contributed by atoms with Crippen molar-refractivity contribution in [1.29, 1.82) is 0 Å². The number of esters is 1. The first-order valence-electron chi connectivity index (χ1n) is 10.9. The van der Waals surface area contributed by atoms with Gasteiger partial charge in [0.1, 0.15) is 0 Å². The highest BCUT2D eigenvalue weighted by atomic mass is 32.2. The summed E-state index contributed by atoms with van der Waals surface area (Å²) in [5.41, 5.74) is -2.59. The number of ether oxygens (including phenoxy) is 1. The van der Waals surface area contributed by atoms with E-state index in [0.717, 1.165) is 0 Å². The molecule has 0 aliphatic heterocycles. The number of carbonyl (C=O) groups is 1. The molecule has 21 heteroatoms. The molecule has 4 aliphatic rings. The first kappa shape index (κ1) is 33.2. The second-order valence-electron chi connectivity index (χ2n) is 10.4. The van der Waals surface area contributed by atoms with E-state index in [1.807, 2.05) is 0 Å². The molecule has 1 N–H and O–H groups in total. The van der Waals surface area contributed by atoms with Crippen LogP contribution in [0.5, 0.6) is 0 Å². The lowest BCUT2D eigenvalue weighted by atomic mass is 9.48. The first-order chi connectivity index (χ1) is 17.8. The van der Waals surface area contributed by atoms with Gasteiger partial charge in [-0.3, -0.25) is 5.04 Å². The summed E-state index contributed by atoms with van der Waals surface area (Å²) in [5.74, 6) is -44.4. The fraction of sp³-hybridized carbons (Fsp3) is 0.947. The van der Waals surface area contributed by atoms with Crippen LogP contribution in [0, 0.1) is 17.3 Å². The van der Waals surface area contributed by atoms with Gasteiger partial charge in [0.15, 0.2) is 0 Å². The Hall–Kier alpha value is -1.32. The van der Waals surface area contributed by atoms with Gasteiger partial charge in [-0.1, -0.05) is 0 Å². The Morgan fingerprint density at radius 2 is 1.23 bits per heavy atom. The zero-order chi connectivity index (χ0) is 31.0. The number of aliphatic hydroxyl groups is 1. The van der Waals surface area contributed by atoms with E-state index in [0.29, 0.717) is 6.42 Å². The molecule has 4 aliphatic carbocycles. The Labute approximate surface area is 218 Å². The van der Waals surface area contributed by atoms with Gasteiger partial charge in [0.05, 0.1) is 24.3 Å². The van der Waals surface area contributed by atoms with Gasteiger partial charge in [0.2, 0.25) is 0 Å². The largest absolute Gasteiger partial charge is 0.691 e. The van der Waals surface area contributed by atoms with Crippen molar-refractivity contribution in [2.45, 2.75) is 84.9 Å². The summed E-state index contributed by atoms with van der Waals surface area (Å²) in [6.45, 7) is -1.13. The van der Waals surface area contributed by atoms with Gasteiger partial charge in [0, 0.05) is 5.41 Å². The molecule has 0 heterocycles. The number of carbonyl (C=O) groups excluding carboxylic acids is 1. The Morgan fingerprint density at radius 3 is 1.65 bits per heavy atom. The van der Waals surface area contributed by atoms with Gasteiger partial charge in [-0.2, -0.15) is 61.4 Å². The molecule has 6 nitrogen and oxygen atoms in total. The standard InChI is InChI=1S/C19H18F14O6S/c20-13(40-39-38-36,10(34)37-7-11-2-8-1-9(3-11)5-12(35,4-8)6-11)14(21,22)15(23,24)16(25,26)17(27,28)18(29,30)19(31,32)33/h8-9,35-36H,1-7H2/p-1. The third-order valence-corrected chi connectivity index (χ3v) is 8.21. The van der Waals surface area contributed by atoms with E-state index in [-0.39, 0.29) is 43.9 Å². The fourth-order valence-electron chi connectivity index (χ4n) is 6.13. The minimum absolute atomic E-state index is 0.134. The summed E-state index contributed by atoms with van der Waals surface area (Å²) < 4.78 is 198. The molecule has 0 amide bonds. The average Bonchev–Trinajstić information content (AvgIpc) is 2.77. The Morgan fingerprint density at radius 1 is 0.775 bits per heavy atom. The molecule has 0 radical (unpaired) electrons. The summed E-state index contributed by atoms with van der Waals surface area (Å²) >= 11 is -2.12. The summed E-state index contributed by atoms with van der Waals surface area (Å²) in [7, 11) is 0. The lowest BCUT2D eigenvalue weighted by Gasteiger charge is -2.59. The maximum absolute atomic E-state index is 15.2. The van der Waals surface area contributed by atoms with E-state index in [9.17, 15) is 72.2 Å². The molecule has 0 aromatic rings. The molecule has 4 bridgehead atoms. The van der Waals surface area contributed by atoms with E-state index in [2.05, 4.69) is 14.1 Å². The second-order valence-corrected chi connectivity index (χ2v) is 11.3. The van der Waals surface area contributed by atoms with Crippen LogP contribution in [0.3, 0.4) is 0 Å². The van der Waals surface area contributed by atoms with Crippen LogP contribution in [0.2, 0.25) is 0 Å². The highest BCUT2D eigenvalue weighted by Gasteiger charge is 2.94. The third kappa shape index (κ3) is 4.70. The predicted molar refractivity (Wildman–Crippen MR) is 97.4 cm³/mol. The second kappa shape index (κ2) is 9.60. The summed E-state index contributed by atoms with van der Waals surface area (Å²) in [5, 5.41) is 16.8. The van der Waals surface area contributed by atoms with Crippen molar-refractivity contribution in [3.63, 3.8) is 0 Å². The number of halogens is 14. The molecule has 0 spiro atoms. The highest BCUT2D eigenvalue weighted by molar-refractivity contribution is 7.96. The Balaban J connectivity index is 1.95. The van der Waals surface area contributed by atoms with Gasteiger partial charge in [-0.25, -0.2) is 9.18 Å². The molecule has 0 aromatic carbocycles. The quantitative estimate of drug-likeness (QED) is 0.110. The zero-order valence-electron chi connectivity index (χ0n) is 19.3. The number of hydrogen-bond acceptors (Lipinski definition) is 7. The van der Waals surface area contributed by atoms with Crippen LogP contribution in [-0.4, -0.2) is 64.1 Å². The van der Waals surface area contributed by atoms with Crippen LogP contribution >= 0.6 is 12.0 Å². The number of hydrogen-bond donors (Lipinski definition) is 1. The van der Waals surface area contributed by atoms with Crippen molar-refractivity contribution in [3.8, 4) is 0 Å². The van der Waals surface area contributed by atoms with Gasteiger partial charge in [0.25, 0.3) is 0 Å². The van der Waals surface area contributed by atoms with Crippen molar-refractivity contribution < 1.29 is 90.7 Å². The van der Waals surface area contributed by atoms with Crippen molar-refractivity contribution in [2.24, 2.45) is 17.3 Å². The molecule has 0 aromatic heterocycles. The van der Waals surface area contributed by atoms with Crippen molar-refractivity contribution in [3.05, 3.63) is 0 Å². The van der Waals surface area contributed by atoms with Crippen LogP contribution in [0.25, 0.3) is 0 Å². The summed E-state index contributed by atoms with van der Waals surface area (Å²) in [4.78, 5) is 12.3. The summed E-state index contributed by atoms with van der Waals surface area (Å²) in [6, 6.07) is 0. The molecule has 4 rings (SSSR count). The molecule has 3 unspecified atom stereocenters. The van der Waals surface area contributed by atoms with E-state index in [1.54, 1.807) is 0 Å². The molecular weight excluding hydrogens is 622 g/mol. The van der Waals surface area contributed by atoms with Crippen LogP contribution in [0.1, 0.15) is 38.5 Å². The molecule has 234 valence electrons. The van der Waals surface area contributed by atoms with E-state index >= 15 is 4.39 Å². The minimum atomic E-state index is -8.41. The molecule has 4 saturated carbocycles. The lowest BCUT2D eigenvalue weighted by molar-refractivity contribution is -0.777. The van der Waals surface area contributed by atoms with E-state index in [4.69, 9.17) is 0 Å².